The first-order chi connectivity index (χ1) is 10.5. The normalized spacial score (nSPS) is 11.2. The van der Waals surface area contributed by atoms with Gasteiger partial charge in [0.25, 0.3) is 0 Å². The highest BCUT2D eigenvalue weighted by atomic mass is 19.4. The number of aldehydes is 1. The molecule has 1 N–H and O–H groups in total. The van der Waals surface area contributed by atoms with Gasteiger partial charge in [-0.15, -0.1) is 0 Å². The summed E-state index contributed by atoms with van der Waals surface area (Å²) in [5, 5.41) is 2.38. The van der Waals surface area contributed by atoms with Crippen molar-refractivity contribution < 1.29 is 27.5 Å². The lowest BCUT2D eigenvalue weighted by atomic mass is 10.0. The highest BCUT2D eigenvalue weighted by molar-refractivity contribution is 5.80. The fourth-order valence-corrected chi connectivity index (χ4v) is 1.52. The van der Waals surface area contributed by atoms with Gasteiger partial charge in [0.05, 0.1) is 12.1 Å². The quantitative estimate of drug-likeness (QED) is 0.669. The molecule has 0 spiro atoms. The number of alkyl halides is 3. The Kier molecular flexibility index (Phi) is 5.79. The molecule has 7 heteroatoms. The second kappa shape index (κ2) is 7.18. The lowest BCUT2D eigenvalue weighted by molar-refractivity contribution is -0.137. The third kappa shape index (κ3) is 6.43. The van der Waals surface area contributed by atoms with E-state index in [1.807, 2.05) is 0 Å². The van der Waals surface area contributed by atoms with Crippen molar-refractivity contribution in [1.82, 2.24) is 5.32 Å². The van der Waals surface area contributed by atoms with E-state index in [0.29, 0.717) is 6.29 Å². The average Bonchev–Trinajstić information content (AvgIpc) is 2.40. The molecule has 0 fully saturated rings. The van der Waals surface area contributed by atoms with Crippen LogP contribution in [-0.2, 0) is 10.9 Å². The number of rotatable bonds is 2. The molecule has 1 amide bonds. The van der Waals surface area contributed by atoms with Gasteiger partial charge in [-0.05, 0) is 39.0 Å². The van der Waals surface area contributed by atoms with Crippen molar-refractivity contribution in [3.8, 4) is 11.8 Å². The van der Waals surface area contributed by atoms with Gasteiger partial charge in [0.15, 0.2) is 6.29 Å². The minimum Gasteiger partial charge on any atom is -0.444 e. The number of ether oxygens (including phenoxy) is 1. The van der Waals surface area contributed by atoms with Gasteiger partial charge < -0.3 is 10.1 Å². The summed E-state index contributed by atoms with van der Waals surface area (Å²) >= 11 is 0. The zero-order chi connectivity index (χ0) is 17.7. The van der Waals surface area contributed by atoms with Crippen LogP contribution < -0.4 is 5.32 Å². The lowest BCUT2D eigenvalue weighted by Gasteiger charge is -2.19. The van der Waals surface area contributed by atoms with E-state index in [0.717, 1.165) is 18.2 Å². The van der Waals surface area contributed by atoms with Gasteiger partial charge in [0.2, 0.25) is 0 Å². The molecule has 0 unspecified atom stereocenters. The van der Waals surface area contributed by atoms with E-state index in [2.05, 4.69) is 17.2 Å². The molecule has 4 nitrogen and oxygen atoms in total. The van der Waals surface area contributed by atoms with Crippen LogP contribution >= 0.6 is 0 Å². The third-order valence-electron chi connectivity index (χ3n) is 2.45. The van der Waals surface area contributed by atoms with E-state index >= 15 is 0 Å². The number of nitrogens with one attached hydrogen (secondary N) is 1. The minimum atomic E-state index is -4.53. The van der Waals surface area contributed by atoms with Crippen LogP contribution in [-0.4, -0.2) is 24.5 Å². The van der Waals surface area contributed by atoms with Crippen LogP contribution in [0.15, 0.2) is 18.2 Å². The van der Waals surface area contributed by atoms with Gasteiger partial charge in [-0.3, -0.25) is 4.79 Å². The summed E-state index contributed by atoms with van der Waals surface area (Å²) in [6.45, 7) is 5.05. The molecule has 0 saturated carbocycles. The highest BCUT2D eigenvalue weighted by Gasteiger charge is 2.30. The molecule has 0 radical (unpaired) electrons. The number of benzene rings is 1. The Bertz CT molecular complexity index is 649. The van der Waals surface area contributed by atoms with E-state index < -0.39 is 23.4 Å². The molecule has 0 heterocycles. The SMILES string of the molecule is CC(C)(C)OC(=O)NCC#Cc1ccc(C(F)(F)F)cc1C=O. The first-order valence-electron chi connectivity index (χ1n) is 6.65. The predicted molar refractivity (Wildman–Crippen MR) is 77.9 cm³/mol. The molecule has 1 rings (SSSR count). The Labute approximate surface area is 132 Å². The van der Waals surface area contributed by atoms with E-state index in [1.165, 1.54) is 0 Å². The molecule has 0 aromatic heterocycles. The first kappa shape index (κ1) is 18.6. The summed E-state index contributed by atoms with van der Waals surface area (Å²) in [6.07, 6.45) is -4.88. The summed E-state index contributed by atoms with van der Waals surface area (Å²) in [5.74, 6) is 5.09. The standard InChI is InChI=1S/C16H16F3NO3/c1-15(2,3)23-14(22)20-8-4-5-11-6-7-13(16(17,18)19)9-12(11)10-21/h6-7,9-10H,8H2,1-3H3,(H,20,22). The van der Waals surface area contributed by atoms with Crippen LogP contribution in [0.1, 0.15) is 42.3 Å². The van der Waals surface area contributed by atoms with Crippen molar-refractivity contribution in [2.45, 2.75) is 32.5 Å². The Hall–Kier alpha value is -2.49. The zero-order valence-corrected chi connectivity index (χ0v) is 12.9. The molecule has 0 aliphatic rings. The van der Waals surface area contributed by atoms with Gasteiger partial charge in [-0.1, -0.05) is 11.8 Å². The van der Waals surface area contributed by atoms with Crippen LogP contribution in [0.3, 0.4) is 0 Å². The molecular weight excluding hydrogens is 311 g/mol. The van der Waals surface area contributed by atoms with Crippen molar-refractivity contribution in [2.75, 3.05) is 6.54 Å². The first-order valence-corrected chi connectivity index (χ1v) is 6.65. The summed E-state index contributed by atoms with van der Waals surface area (Å²) in [5.41, 5.74) is -1.57. The van der Waals surface area contributed by atoms with Crippen molar-refractivity contribution in [1.29, 1.82) is 0 Å². The predicted octanol–water partition coefficient (Wildman–Crippen LogP) is 3.39. The van der Waals surface area contributed by atoms with Gasteiger partial charge in [0, 0.05) is 11.1 Å². The fraction of sp³-hybridized carbons (Fsp3) is 0.375. The van der Waals surface area contributed by atoms with Crippen LogP contribution in [0.5, 0.6) is 0 Å². The molecule has 23 heavy (non-hydrogen) atoms. The highest BCUT2D eigenvalue weighted by Crippen LogP contribution is 2.30. The summed E-state index contributed by atoms with van der Waals surface area (Å²) < 4.78 is 42.6. The van der Waals surface area contributed by atoms with Crippen LogP contribution in [0.2, 0.25) is 0 Å². The molecule has 1 aromatic rings. The average molecular weight is 327 g/mol. The van der Waals surface area contributed by atoms with Gasteiger partial charge in [0.1, 0.15) is 5.60 Å². The number of carbonyl (C=O) groups excluding carboxylic acids is 2. The summed E-state index contributed by atoms with van der Waals surface area (Å²) in [4.78, 5) is 22.2. The number of amides is 1. The van der Waals surface area contributed by atoms with E-state index in [4.69, 9.17) is 4.74 Å². The van der Waals surface area contributed by atoms with Gasteiger partial charge in [-0.25, -0.2) is 4.79 Å². The molecule has 124 valence electrons. The maximum absolute atomic E-state index is 12.6. The number of halogens is 3. The number of carbonyl (C=O) groups is 2. The molecule has 0 bridgehead atoms. The molecular formula is C16H16F3NO3. The second-order valence-electron chi connectivity index (χ2n) is 5.57. The topological polar surface area (TPSA) is 55.4 Å². The van der Waals surface area contributed by atoms with Gasteiger partial charge in [-0.2, -0.15) is 13.2 Å². The minimum absolute atomic E-state index is 0.0613. The number of hydrogen-bond donors (Lipinski definition) is 1. The molecule has 0 aliphatic heterocycles. The van der Waals surface area contributed by atoms with E-state index in [-0.39, 0.29) is 17.7 Å². The van der Waals surface area contributed by atoms with E-state index in [1.54, 1.807) is 20.8 Å². The molecule has 0 saturated heterocycles. The fourth-order valence-electron chi connectivity index (χ4n) is 1.52. The Morgan fingerprint density at radius 3 is 2.48 bits per heavy atom. The van der Waals surface area contributed by atoms with Gasteiger partial charge >= 0.3 is 12.3 Å². The van der Waals surface area contributed by atoms with Crippen molar-refractivity contribution in [3.63, 3.8) is 0 Å². The van der Waals surface area contributed by atoms with Crippen LogP contribution in [0, 0.1) is 11.8 Å². The third-order valence-corrected chi connectivity index (χ3v) is 2.45. The van der Waals surface area contributed by atoms with Crippen molar-refractivity contribution in [3.05, 3.63) is 34.9 Å². The number of hydrogen-bond acceptors (Lipinski definition) is 3. The Morgan fingerprint density at radius 2 is 1.96 bits per heavy atom. The zero-order valence-electron chi connectivity index (χ0n) is 12.9. The largest absolute Gasteiger partial charge is 0.444 e. The van der Waals surface area contributed by atoms with Crippen molar-refractivity contribution in [2.24, 2.45) is 0 Å². The maximum Gasteiger partial charge on any atom is 0.416 e. The lowest BCUT2D eigenvalue weighted by Crippen LogP contribution is -2.32. The molecule has 0 atom stereocenters. The van der Waals surface area contributed by atoms with Crippen LogP contribution in [0.4, 0.5) is 18.0 Å². The smallest absolute Gasteiger partial charge is 0.416 e. The number of alkyl carbamates (subject to hydrolysis) is 1. The summed E-state index contributed by atoms with van der Waals surface area (Å²) in [7, 11) is 0. The second-order valence-corrected chi connectivity index (χ2v) is 5.57. The van der Waals surface area contributed by atoms with Crippen LogP contribution in [0.25, 0.3) is 0 Å². The molecule has 1 aromatic carbocycles. The monoisotopic (exact) mass is 327 g/mol. The Balaban J connectivity index is 2.76. The summed E-state index contributed by atoms with van der Waals surface area (Å²) in [6, 6.07) is 2.70. The molecule has 0 aliphatic carbocycles. The maximum atomic E-state index is 12.6. The Morgan fingerprint density at radius 1 is 1.30 bits per heavy atom. The van der Waals surface area contributed by atoms with E-state index in [9.17, 15) is 22.8 Å². The van der Waals surface area contributed by atoms with Crippen molar-refractivity contribution >= 4 is 12.4 Å².